The highest BCUT2D eigenvalue weighted by Crippen LogP contribution is 2.19. The Labute approximate surface area is 99.0 Å². The summed E-state index contributed by atoms with van der Waals surface area (Å²) in [4.78, 5) is 6.97. The van der Waals surface area contributed by atoms with Crippen molar-refractivity contribution in [3.8, 4) is 0 Å². The van der Waals surface area contributed by atoms with Crippen LogP contribution in [0.1, 0.15) is 18.7 Å². The number of aromatic nitrogens is 1. The first-order valence-electron chi connectivity index (χ1n) is 5.34. The Morgan fingerprint density at radius 2 is 2.13 bits per heavy atom. The minimum Gasteiger partial charge on any atom is -0.314 e. The van der Waals surface area contributed by atoms with E-state index in [1.165, 1.54) is 0 Å². The van der Waals surface area contributed by atoms with Crippen LogP contribution in [0.4, 0.5) is 0 Å². The molecule has 15 heavy (non-hydrogen) atoms. The van der Waals surface area contributed by atoms with E-state index in [1.807, 2.05) is 12.1 Å². The Kier molecular flexibility index (Phi) is 3.72. The smallest absolute Gasteiger partial charge is 0.106 e. The Hall–Kier alpha value is -0.450. The van der Waals surface area contributed by atoms with Crippen molar-refractivity contribution in [3.63, 3.8) is 0 Å². The summed E-state index contributed by atoms with van der Waals surface area (Å²) in [6.45, 7) is 6.60. The summed E-state index contributed by atoms with van der Waals surface area (Å²) in [5, 5.41) is 3.36. The normalized spacial score (nSPS) is 20.1. The van der Waals surface area contributed by atoms with Crippen molar-refractivity contribution >= 4 is 15.9 Å². The topological polar surface area (TPSA) is 28.2 Å². The molecule has 3 nitrogen and oxygen atoms in total. The van der Waals surface area contributed by atoms with E-state index in [0.717, 1.165) is 36.5 Å². The summed E-state index contributed by atoms with van der Waals surface area (Å²) < 4.78 is 0.919. The van der Waals surface area contributed by atoms with E-state index in [1.54, 1.807) is 0 Å². The molecule has 82 valence electrons. The Balaban J connectivity index is 2.08. The largest absolute Gasteiger partial charge is 0.314 e. The fourth-order valence-corrected chi connectivity index (χ4v) is 2.27. The second-order valence-corrected chi connectivity index (χ2v) is 4.66. The van der Waals surface area contributed by atoms with E-state index in [-0.39, 0.29) is 0 Å². The molecule has 0 aromatic carbocycles. The van der Waals surface area contributed by atoms with Gasteiger partial charge in [0.05, 0.1) is 5.69 Å². The third-order valence-corrected chi connectivity index (χ3v) is 3.31. The molecule has 1 atom stereocenters. The number of hydrogen-bond donors (Lipinski definition) is 1. The number of rotatable bonds is 2. The van der Waals surface area contributed by atoms with Crippen molar-refractivity contribution < 1.29 is 0 Å². The summed E-state index contributed by atoms with van der Waals surface area (Å²) in [6, 6.07) is 6.51. The zero-order valence-corrected chi connectivity index (χ0v) is 10.5. The van der Waals surface area contributed by atoms with Crippen LogP contribution in [-0.2, 0) is 0 Å². The maximum Gasteiger partial charge on any atom is 0.106 e. The molecule has 4 heteroatoms. The molecular formula is C11H16BrN3. The zero-order chi connectivity index (χ0) is 10.7. The average molecular weight is 270 g/mol. The van der Waals surface area contributed by atoms with Crippen molar-refractivity contribution in [1.82, 2.24) is 15.2 Å². The molecular weight excluding hydrogens is 254 g/mol. The van der Waals surface area contributed by atoms with Gasteiger partial charge >= 0.3 is 0 Å². The Morgan fingerprint density at radius 1 is 1.40 bits per heavy atom. The fourth-order valence-electron chi connectivity index (χ4n) is 1.91. The van der Waals surface area contributed by atoms with Gasteiger partial charge in [0.2, 0.25) is 0 Å². The average Bonchev–Trinajstić information content (AvgIpc) is 2.29. The molecule has 0 spiro atoms. The second kappa shape index (κ2) is 5.05. The van der Waals surface area contributed by atoms with E-state index in [4.69, 9.17) is 0 Å². The van der Waals surface area contributed by atoms with Gasteiger partial charge in [0.15, 0.2) is 0 Å². The molecule has 1 aliphatic heterocycles. The van der Waals surface area contributed by atoms with E-state index < -0.39 is 0 Å². The molecule has 1 saturated heterocycles. The lowest BCUT2D eigenvalue weighted by Crippen LogP contribution is -2.44. The number of hydrogen-bond acceptors (Lipinski definition) is 3. The third kappa shape index (κ3) is 2.77. The van der Waals surface area contributed by atoms with Gasteiger partial charge in [0.25, 0.3) is 0 Å². The van der Waals surface area contributed by atoms with Crippen molar-refractivity contribution in [3.05, 3.63) is 28.5 Å². The Morgan fingerprint density at radius 3 is 2.80 bits per heavy atom. The summed E-state index contributed by atoms with van der Waals surface area (Å²) in [5.41, 5.74) is 1.14. The van der Waals surface area contributed by atoms with Gasteiger partial charge in [0, 0.05) is 32.2 Å². The van der Waals surface area contributed by atoms with Gasteiger partial charge in [-0.1, -0.05) is 6.07 Å². The minimum absolute atomic E-state index is 0.407. The molecule has 1 aliphatic rings. The van der Waals surface area contributed by atoms with Gasteiger partial charge in [-0.3, -0.25) is 4.90 Å². The van der Waals surface area contributed by atoms with Crippen LogP contribution < -0.4 is 5.32 Å². The maximum atomic E-state index is 4.50. The minimum atomic E-state index is 0.407. The number of halogens is 1. The lowest BCUT2D eigenvalue weighted by molar-refractivity contribution is 0.182. The molecule has 0 unspecified atom stereocenters. The van der Waals surface area contributed by atoms with Gasteiger partial charge in [-0.25, -0.2) is 4.98 Å². The molecule has 1 fully saturated rings. The molecule has 0 aliphatic carbocycles. The van der Waals surface area contributed by atoms with E-state index >= 15 is 0 Å². The summed E-state index contributed by atoms with van der Waals surface area (Å²) >= 11 is 3.41. The van der Waals surface area contributed by atoms with Gasteiger partial charge in [-0.05, 0) is 35.0 Å². The summed E-state index contributed by atoms with van der Waals surface area (Å²) in [7, 11) is 0. The van der Waals surface area contributed by atoms with Crippen molar-refractivity contribution in [2.75, 3.05) is 26.2 Å². The van der Waals surface area contributed by atoms with Crippen molar-refractivity contribution in [2.45, 2.75) is 13.0 Å². The monoisotopic (exact) mass is 269 g/mol. The number of nitrogens with zero attached hydrogens (tertiary/aromatic N) is 2. The van der Waals surface area contributed by atoms with Crippen LogP contribution in [0.2, 0.25) is 0 Å². The molecule has 1 aromatic heterocycles. The molecule has 1 N–H and O–H groups in total. The lowest BCUT2D eigenvalue weighted by Gasteiger charge is -2.32. The van der Waals surface area contributed by atoms with Crippen LogP contribution in [0.25, 0.3) is 0 Å². The standard InChI is InChI=1S/C11H16BrN3/c1-9(15-7-5-13-6-8-15)10-3-2-4-11(12)14-10/h2-4,9,13H,5-8H2,1H3/t9-/m0/s1. The molecule has 0 radical (unpaired) electrons. The fraction of sp³-hybridized carbons (Fsp3) is 0.545. The number of piperazine rings is 1. The van der Waals surface area contributed by atoms with Crippen molar-refractivity contribution in [1.29, 1.82) is 0 Å². The maximum absolute atomic E-state index is 4.50. The van der Waals surface area contributed by atoms with Crippen LogP contribution >= 0.6 is 15.9 Å². The van der Waals surface area contributed by atoms with Crippen LogP contribution in [0.3, 0.4) is 0 Å². The SMILES string of the molecule is C[C@@H](c1cccc(Br)n1)N1CCNCC1. The van der Waals surface area contributed by atoms with E-state index in [0.29, 0.717) is 6.04 Å². The number of nitrogens with one attached hydrogen (secondary N) is 1. The van der Waals surface area contributed by atoms with Crippen LogP contribution in [-0.4, -0.2) is 36.1 Å². The molecule has 0 saturated carbocycles. The molecule has 1 aromatic rings. The second-order valence-electron chi connectivity index (χ2n) is 3.85. The van der Waals surface area contributed by atoms with Crippen LogP contribution in [0, 0.1) is 0 Å². The molecule has 0 amide bonds. The molecule has 0 bridgehead atoms. The number of pyridine rings is 1. The summed E-state index contributed by atoms with van der Waals surface area (Å²) in [6.07, 6.45) is 0. The first kappa shape index (κ1) is 11.0. The molecule has 2 heterocycles. The van der Waals surface area contributed by atoms with E-state index in [2.05, 4.69) is 44.1 Å². The quantitative estimate of drug-likeness (QED) is 0.831. The van der Waals surface area contributed by atoms with Gasteiger partial charge in [-0.15, -0.1) is 0 Å². The van der Waals surface area contributed by atoms with Gasteiger partial charge < -0.3 is 5.32 Å². The first-order valence-corrected chi connectivity index (χ1v) is 6.14. The summed E-state index contributed by atoms with van der Waals surface area (Å²) in [5.74, 6) is 0. The molecule has 2 rings (SSSR count). The third-order valence-electron chi connectivity index (χ3n) is 2.86. The van der Waals surface area contributed by atoms with Gasteiger partial charge in [0.1, 0.15) is 4.60 Å². The van der Waals surface area contributed by atoms with Crippen molar-refractivity contribution in [2.24, 2.45) is 0 Å². The highest BCUT2D eigenvalue weighted by Gasteiger charge is 2.18. The predicted molar refractivity (Wildman–Crippen MR) is 64.8 cm³/mol. The highest BCUT2D eigenvalue weighted by molar-refractivity contribution is 9.10. The Bertz CT molecular complexity index is 323. The van der Waals surface area contributed by atoms with Crippen LogP contribution in [0.15, 0.2) is 22.8 Å². The highest BCUT2D eigenvalue weighted by atomic mass is 79.9. The zero-order valence-electron chi connectivity index (χ0n) is 8.91. The lowest BCUT2D eigenvalue weighted by atomic mass is 10.1. The van der Waals surface area contributed by atoms with E-state index in [9.17, 15) is 0 Å². The predicted octanol–water partition coefficient (Wildman–Crippen LogP) is 1.81. The van der Waals surface area contributed by atoms with Gasteiger partial charge in [-0.2, -0.15) is 0 Å². The first-order chi connectivity index (χ1) is 7.27. The van der Waals surface area contributed by atoms with Crippen LogP contribution in [0.5, 0.6) is 0 Å².